The number of carbonyl (C=O) groups excluding carboxylic acids is 1. The van der Waals surface area contributed by atoms with Crippen LogP contribution < -0.4 is 5.32 Å². The van der Waals surface area contributed by atoms with Crippen molar-refractivity contribution in [3.8, 4) is 11.3 Å². The van der Waals surface area contributed by atoms with E-state index in [0.717, 1.165) is 16.8 Å². The molecule has 0 unspecified atom stereocenters. The van der Waals surface area contributed by atoms with E-state index in [2.05, 4.69) is 29.4 Å². The van der Waals surface area contributed by atoms with Gasteiger partial charge in [-0.05, 0) is 31.0 Å². The van der Waals surface area contributed by atoms with Gasteiger partial charge in [0.15, 0.2) is 5.13 Å². The predicted molar refractivity (Wildman–Crippen MR) is 101 cm³/mol. The number of amides is 1. The van der Waals surface area contributed by atoms with Crippen LogP contribution in [0.15, 0.2) is 53.9 Å². The zero-order chi connectivity index (χ0) is 16.9. The first-order chi connectivity index (χ1) is 11.6. The van der Waals surface area contributed by atoms with E-state index in [9.17, 15) is 4.79 Å². The van der Waals surface area contributed by atoms with E-state index in [-0.39, 0.29) is 5.91 Å². The van der Waals surface area contributed by atoms with Gasteiger partial charge in [-0.15, -0.1) is 11.3 Å². The molecule has 3 rings (SSSR count). The number of aromatic nitrogens is 1. The van der Waals surface area contributed by atoms with E-state index in [4.69, 9.17) is 11.6 Å². The molecular weight excluding hydrogens is 340 g/mol. The number of nitrogens with one attached hydrogen (secondary N) is 1. The standard InChI is InChI=1S/C19H17ClN2OS/c1-13-2-7-15(8-3-13)17-12-24-19(21-17)22-18(23)11-6-14-4-9-16(20)10-5-14/h2-5,7-10,12H,6,11H2,1H3,(H,21,22,23). The number of rotatable bonds is 5. The van der Waals surface area contributed by atoms with E-state index in [1.165, 1.54) is 16.9 Å². The number of aryl methyl sites for hydroxylation is 2. The Morgan fingerprint density at radius 1 is 1.12 bits per heavy atom. The summed E-state index contributed by atoms with van der Waals surface area (Å²) in [7, 11) is 0. The van der Waals surface area contributed by atoms with Crippen molar-refractivity contribution >= 4 is 34.0 Å². The van der Waals surface area contributed by atoms with Gasteiger partial charge in [0.2, 0.25) is 5.91 Å². The fraction of sp³-hybridized carbons (Fsp3) is 0.158. The normalized spacial score (nSPS) is 10.6. The molecule has 3 aromatic rings. The third kappa shape index (κ3) is 4.43. The summed E-state index contributed by atoms with van der Waals surface area (Å²) in [6.07, 6.45) is 1.10. The second-order valence-electron chi connectivity index (χ2n) is 5.58. The van der Waals surface area contributed by atoms with E-state index in [0.29, 0.717) is 23.0 Å². The van der Waals surface area contributed by atoms with Crippen LogP contribution in [-0.2, 0) is 11.2 Å². The van der Waals surface area contributed by atoms with Crippen LogP contribution in [0.2, 0.25) is 5.02 Å². The average Bonchev–Trinajstić information content (AvgIpc) is 3.03. The highest BCUT2D eigenvalue weighted by molar-refractivity contribution is 7.14. The second-order valence-corrected chi connectivity index (χ2v) is 6.87. The molecule has 0 saturated carbocycles. The second kappa shape index (κ2) is 7.60. The zero-order valence-corrected chi connectivity index (χ0v) is 14.8. The summed E-state index contributed by atoms with van der Waals surface area (Å²) in [5.74, 6) is -0.0326. The molecule has 0 spiro atoms. The Kier molecular flexibility index (Phi) is 5.28. The van der Waals surface area contributed by atoms with Gasteiger partial charge in [-0.2, -0.15) is 0 Å². The van der Waals surface area contributed by atoms with Crippen molar-refractivity contribution < 1.29 is 4.79 Å². The Bertz CT molecular complexity index is 825. The quantitative estimate of drug-likeness (QED) is 0.670. The fourth-order valence-electron chi connectivity index (χ4n) is 2.28. The Balaban J connectivity index is 1.57. The number of nitrogens with zero attached hydrogens (tertiary/aromatic N) is 1. The molecule has 2 aromatic carbocycles. The summed E-state index contributed by atoms with van der Waals surface area (Å²) in [5, 5.41) is 6.16. The molecule has 1 amide bonds. The van der Waals surface area contributed by atoms with Crippen LogP contribution in [0.4, 0.5) is 5.13 Å². The monoisotopic (exact) mass is 356 g/mol. The number of halogens is 1. The predicted octanol–water partition coefficient (Wildman–Crippen LogP) is 5.34. The summed E-state index contributed by atoms with van der Waals surface area (Å²) in [4.78, 5) is 16.6. The Hall–Kier alpha value is -2.17. The lowest BCUT2D eigenvalue weighted by molar-refractivity contribution is -0.116. The molecule has 0 saturated heterocycles. The lowest BCUT2D eigenvalue weighted by atomic mass is 10.1. The molecule has 0 radical (unpaired) electrons. The maximum absolute atomic E-state index is 12.1. The molecule has 0 atom stereocenters. The number of benzene rings is 2. The Labute approximate surface area is 150 Å². The van der Waals surface area contributed by atoms with E-state index >= 15 is 0 Å². The molecule has 1 N–H and O–H groups in total. The lowest BCUT2D eigenvalue weighted by Crippen LogP contribution is -2.12. The van der Waals surface area contributed by atoms with Gasteiger partial charge in [0.05, 0.1) is 5.69 Å². The Morgan fingerprint density at radius 2 is 1.83 bits per heavy atom. The van der Waals surface area contributed by atoms with Gasteiger partial charge in [0.25, 0.3) is 0 Å². The summed E-state index contributed by atoms with van der Waals surface area (Å²) < 4.78 is 0. The van der Waals surface area contributed by atoms with Crippen LogP contribution in [0.25, 0.3) is 11.3 Å². The van der Waals surface area contributed by atoms with E-state index in [1.54, 1.807) is 0 Å². The molecule has 1 aromatic heterocycles. The summed E-state index contributed by atoms with van der Waals surface area (Å²) in [5.41, 5.74) is 4.24. The van der Waals surface area contributed by atoms with Crippen molar-refractivity contribution in [2.45, 2.75) is 19.8 Å². The van der Waals surface area contributed by atoms with Gasteiger partial charge < -0.3 is 5.32 Å². The highest BCUT2D eigenvalue weighted by Gasteiger charge is 2.08. The van der Waals surface area contributed by atoms with E-state index < -0.39 is 0 Å². The highest BCUT2D eigenvalue weighted by atomic mass is 35.5. The SMILES string of the molecule is Cc1ccc(-c2csc(NC(=O)CCc3ccc(Cl)cc3)n2)cc1. The highest BCUT2D eigenvalue weighted by Crippen LogP contribution is 2.25. The van der Waals surface area contributed by atoms with Gasteiger partial charge in [-0.3, -0.25) is 4.79 Å². The number of hydrogen-bond donors (Lipinski definition) is 1. The molecule has 0 aliphatic carbocycles. The molecular formula is C19H17ClN2OS. The van der Waals surface area contributed by atoms with Crippen molar-refractivity contribution in [1.29, 1.82) is 0 Å². The molecule has 122 valence electrons. The van der Waals surface area contributed by atoms with Crippen LogP contribution in [0.5, 0.6) is 0 Å². The minimum absolute atomic E-state index is 0.0326. The molecule has 0 aliphatic rings. The van der Waals surface area contributed by atoms with Crippen LogP contribution in [-0.4, -0.2) is 10.9 Å². The van der Waals surface area contributed by atoms with Crippen molar-refractivity contribution in [2.75, 3.05) is 5.32 Å². The molecule has 1 heterocycles. The first-order valence-corrected chi connectivity index (χ1v) is 8.93. The molecule has 0 fully saturated rings. The summed E-state index contributed by atoms with van der Waals surface area (Å²) >= 11 is 7.30. The van der Waals surface area contributed by atoms with Crippen molar-refractivity contribution in [3.63, 3.8) is 0 Å². The summed E-state index contributed by atoms with van der Waals surface area (Å²) in [6, 6.07) is 15.7. The number of anilines is 1. The third-order valence-corrected chi connectivity index (χ3v) is 4.66. The molecule has 3 nitrogen and oxygen atoms in total. The Morgan fingerprint density at radius 3 is 2.54 bits per heavy atom. The topological polar surface area (TPSA) is 42.0 Å². The van der Waals surface area contributed by atoms with Crippen LogP contribution in [0, 0.1) is 6.92 Å². The maximum Gasteiger partial charge on any atom is 0.226 e. The van der Waals surface area contributed by atoms with Crippen molar-refractivity contribution in [3.05, 3.63) is 70.1 Å². The van der Waals surface area contributed by atoms with Gasteiger partial charge in [-0.1, -0.05) is 53.6 Å². The van der Waals surface area contributed by atoms with Crippen LogP contribution >= 0.6 is 22.9 Å². The number of hydrogen-bond acceptors (Lipinski definition) is 3. The molecule has 5 heteroatoms. The van der Waals surface area contributed by atoms with Gasteiger partial charge >= 0.3 is 0 Å². The first kappa shape index (κ1) is 16.7. The van der Waals surface area contributed by atoms with Crippen molar-refractivity contribution in [2.24, 2.45) is 0 Å². The van der Waals surface area contributed by atoms with Gasteiger partial charge in [0, 0.05) is 22.4 Å². The third-order valence-electron chi connectivity index (χ3n) is 3.65. The zero-order valence-electron chi connectivity index (χ0n) is 13.3. The number of thiazole rings is 1. The largest absolute Gasteiger partial charge is 0.302 e. The molecule has 0 bridgehead atoms. The first-order valence-electron chi connectivity index (χ1n) is 7.67. The van der Waals surface area contributed by atoms with E-state index in [1.807, 2.05) is 41.8 Å². The number of carbonyl (C=O) groups is 1. The minimum atomic E-state index is -0.0326. The molecule has 0 aliphatic heterocycles. The van der Waals surface area contributed by atoms with Crippen LogP contribution in [0.1, 0.15) is 17.5 Å². The van der Waals surface area contributed by atoms with Crippen molar-refractivity contribution in [1.82, 2.24) is 4.98 Å². The summed E-state index contributed by atoms with van der Waals surface area (Å²) in [6.45, 7) is 2.05. The fourth-order valence-corrected chi connectivity index (χ4v) is 3.14. The van der Waals surface area contributed by atoms with Gasteiger partial charge in [0.1, 0.15) is 0 Å². The molecule has 24 heavy (non-hydrogen) atoms. The maximum atomic E-state index is 12.1. The van der Waals surface area contributed by atoms with Gasteiger partial charge in [-0.25, -0.2) is 4.98 Å². The lowest BCUT2D eigenvalue weighted by Gasteiger charge is -2.02. The minimum Gasteiger partial charge on any atom is -0.302 e. The smallest absolute Gasteiger partial charge is 0.226 e. The van der Waals surface area contributed by atoms with Crippen LogP contribution in [0.3, 0.4) is 0 Å². The average molecular weight is 357 g/mol.